The molecular weight excluding hydrogens is 459 g/mol. The lowest BCUT2D eigenvalue weighted by Crippen LogP contribution is -2.39. The van der Waals surface area contributed by atoms with E-state index in [1.165, 1.54) is 4.90 Å². The van der Waals surface area contributed by atoms with Crippen molar-refractivity contribution in [3.63, 3.8) is 0 Å². The number of hydrogen-bond donors (Lipinski definition) is 1. The van der Waals surface area contributed by atoms with Crippen LogP contribution in [0.1, 0.15) is 31.7 Å². The Hall–Kier alpha value is -1.92. The summed E-state index contributed by atoms with van der Waals surface area (Å²) in [4.78, 5) is 25.0. The first kappa shape index (κ1) is 27.3. The summed E-state index contributed by atoms with van der Waals surface area (Å²) in [6.07, 6.45) is -2.56. The molecule has 2 atom stereocenters. The fourth-order valence-corrected chi connectivity index (χ4v) is 4.43. The highest BCUT2D eigenvalue weighted by Gasteiger charge is 2.41. The lowest BCUT2D eigenvalue weighted by atomic mass is 10.1. The molecule has 33 heavy (non-hydrogen) atoms. The molecule has 188 valence electrons. The van der Waals surface area contributed by atoms with Crippen LogP contribution in [0.15, 0.2) is 11.0 Å². The van der Waals surface area contributed by atoms with Crippen molar-refractivity contribution in [2.24, 2.45) is 5.92 Å². The van der Waals surface area contributed by atoms with E-state index in [1.807, 2.05) is 0 Å². The molecule has 0 aliphatic carbocycles. The van der Waals surface area contributed by atoms with Crippen LogP contribution in [-0.2, 0) is 27.2 Å². The molecule has 0 bridgehead atoms. The summed E-state index contributed by atoms with van der Waals surface area (Å²) in [5.41, 5.74) is -2.73. The van der Waals surface area contributed by atoms with Gasteiger partial charge in [0.1, 0.15) is 12.3 Å². The number of alkyl halides is 3. The minimum atomic E-state index is -4.85. The minimum Gasteiger partial charge on any atom is -0.481 e. The number of carbonyl (C=O) groups is 1. The Bertz CT molecular complexity index is 857. The van der Waals surface area contributed by atoms with Crippen molar-refractivity contribution < 1.29 is 32.5 Å². The van der Waals surface area contributed by atoms with Gasteiger partial charge in [0.2, 0.25) is 0 Å². The highest BCUT2D eigenvalue weighted by Crippen LogP contribution is 2.36. The Balaban J connectivity index is 2.15. The van der Waals surface area contributed by atoms with Crippen LogP contribution in [0.25, 0.3) is 0 Å². The summed E-state index contributed by atoms with van der Waals surface area (Å²) in [7, 11) is -1.37. The summed E-state index contributed by atoms with van der Waals surface area (Å²) in [5, 5.41) is 12.8. The van der Waals surface area contributed by atoms with Gasteiger partial charge in [0.15, 0.2) is 0 Å². The van der Waals surface area contributed by atoms with Crippen LogP contribution in [0.5, 0.6) is 0 Å². The van der Waals surface area contributed by atoms with Crippen LogP contribution in [0.2, 0.25) is 25.7 Å². The molecule has 1 aliphatic heterocycles. The van der Waals surface area contributed by atoms with Gasteiger partial charge in [0, 0.05) is 27.8 Å². The predicted molar refractivity (Wildman–Crippen MR) is 120 cm³/mol. The molecule has 0 saturated carbocycles. The summed E-state index contributed by atoms with van der Waals surface area (Å²) in [6, 6.07) is 0.472. The zero-order valence-electron chi connectivity index (χ0n) is 19.7. The van der Waals surface area contributed by atoms with E-state index in [1.54, 1.807) is 6.92 Å². The second-order valence-corrected chi connectivity index (χ2v) is 15.4. The highest BCUT2D eigenvalue weighted by atomic mass is 28.3. The van der Waals surface area contributed by atoms with Crippen LogP contribution in [0.4, 0.5) is 18.9 Å². The topological polar surface area (TPSA) is 93.9 Å². The monoisotopic (exact) mass is 493 g/mol. The number of carboxylic acids is 1. The second kappa shape index (κ2) is 11.5. The van der Waals surface area contributed by atoms with Gasteiger partial charge in [-0.25, -0.2) is 4.68 Å². The van der Waals surface area contributed by atoms with Crippen molar-refractivity contribution in [3.8, 4) is 0 Å². The van der Waals surface area contributed by atoms with E-state index >= 15 is 0 Å². The molecule has 1 saturated heterocycles. The third kappa shape index (κ3) is 8.42. The molecular formula is C21H34F3N3O5Si. The molecule has 0 amide bonds. The van der Waals surface area contributed by atoms with E-state index in [0.29, 0.717) is 30.7 Å². The lowest BCUT2D eigenvalue weighted by Gasteiger charge is -2.29. The van der Waals surface area contributed by atoms with Gasteiger partial charge in [0.05, 0.1) is 31.0 Å². The average Bonchev–Trinajstić information content (AvgIpc) is 3.12. The summed E-state index contributed by atoms with van der Waals surface area (Å²) < 4.78 is 53.4. The fraction of sp³-hybridized carbons (Fsp3) is 0.762. The number of rotatable bonds is 12. The highest BCUT2D eigenvalue weighted by molar-refractivity contribution is 6.76. The zero-order chi connectivity index (χ0) is 24.8. The van der Waals surface area contributed by atoms with Crippen LogP contribution >= 0.6 is 0 Å². The van der Waals surface area contributed by atoms with Crippen molar-refractivity contribution in [2.75, 3.05) is 31.3 Å². The molecule has 0 aromatic carbocycles. The van der Waals surface area contributed by atoms with E-state index in [4.69, 9.17) is 14.6 Å². The summed E-state index contributed by atoms with van der Waals surface area (Å²) in [6.45, 7) is 8.90. The lowest BCUT2D eigenvalue weighted by molar-refractivity contribution is -0.139. The van der Waals surface area contributed by atoms with E-state index in [0.717, 1.165) is 12.2 Å². The maximum atomic E-state index is 13.9. The Morgan fingerprint density at radius 1 is 1.33 bits per heavy atom. The third-order valence-electron chi connectivity index (χ3n) is 5.44. The zero-order valence-corrected chi connectivity index (χ0v) is 20.7. The second-order valence-electron chi connectivity index (χ2n) is 9.79. The molecule has 2 rings (SSSR count). The van der Waals surface area contributed by atoms with Gasteiger partial charge < -0.3 is 19.5 Å². The third-order valence-corrected chi connectivity index (χ3v) is 7.14. The number of anilines is 1. The molecule has 1 N–H and O–H groups in total. The van der Waals surface area contributed by atoms with Crippen molar-refractivity contribution in [1.29, 1.82) is 0 Å². The van der Waals surface area contributed by atoms with Crippen LogP contribution in [0.3, 0.4) is 0 Å². The van der Waals surface area contributed by atoms with E-state index in [2.05, 4.69) is 24.7 Å². The largest absolute Gasteiger partial charge is 0.481 e. The Morgan fingerprint density at radius 2 is 2.03 bits per heavy atom. The van der Waals surface area contributed by atoms with Crippen molar-refractivity contribution in [1.82, 2.24) is 9.78 Å². The van der Waals surface area contributed by atoms with Gasteiger partial charge in [-0.15, -0.1) is 0 Å². The van der Waals surface area contributed by atoms with Gasteiger partial charge >= 0.3 is 12.1 Å². The van der Waals surface area contributed by atoms with E-state index in [9.17, 15) is 22.8 Å². The van der Waals surface area contributed by atoms with Crippen LogP contribution in [0, 0.1) is 5.92 Å². The van der Waals surface area contributed by atoms with Gasteiger partial charge in [0.25, 0.3) is 5.56 Å². The first-order valence-electron chi connectivity index (χ1n) is 11.1. The van der Waals surface area contributed by atoms with Gasteiger partial charge in [-0.05, 0) is 24.8 Å². The van der Waals surface area contributed by atoms with Crippen LogP contribution < -0.4 is 10.5 Å². The smallest absolute Gasteiger partial charge is 0.423 e. The Morgan fingerprint density at radius 3 is 2.64 bits per heavy atom. The number of hydrogen-bond acceptors (Lipinski definition) is 6. The number of nitrogens with zero attached hydrogens (tertiary/aromatic N) is 3. The maximum absolute atomic E-state index is 13.9. The van der Waals surface area contributed by atoms with Gasteiger partial charge in [-0.3, -0.25) is 9.59 Å². The molecule has 0 spiro atoms. The molecule has 12 heteroatoms. The Kier molecular flexibility index (Phi) is 9.50. The average molecular weight is 494 g/mol. The van der Waals surface area contributed by atoms with E-state index < -0.39 is 31.3 Å². The normalized spacial score (nSPS) is 18.0. The molecule has 1 fully saturated rings. The van der Waals surface area contributed by atoms with Crippen LogP contribution in [-0.4, -0.2) is 61.3 Å². The number of halogens is 3. The quantitative estimate of drug-likeness (QED) is 0.351. The van der Waals surface area contributed by atoms with Gasteiger partial charge in [-0.1, -0.05) is 26.6 Å². The van der Waals surface area contributed by atoms with Crippen molar-refractivity contribution >= 4 is 19.7 Å². The first-order chi connectivity index (χ1) is 15.3. The molecule has 1 aromatic heterocycles. The molecule has 8 nitrogen and oxygen atoms in total. The molecule has 0 radical (unpaired) electrons. The number of aromatic nitrogens is 2. The molecule has 1 unspecified atom stereocenters. The predicted octanol–water partition coefficient (Wildman–Crippen LogP) is 3.67. The number of ether oxygens (including phenoxy) is 2. The standard InChI is InChI=1S/C21H34F3N3O5Si/c1-15(10-18(28)29)12-32-13-16-6-5-7-26(16)17-11-25-27(14-31-8-9-33(2,3)4)20(30)19(17)21(22,23)24/h11,15-16H,5-10,12-14H2,1-4H3,(H,28,29)/t15?,16-/m0/s1. The van der Waals surface area contributed by atoms with E-state index in [-0.39, 0.29) is 44.0 Å². The minimum absolute atomic E-state index is 0.0469. The summed E-state index contributed by atoms with van der Waals surface area (Å²) in [5.74, 6) is -1.14. The first-order valence-corrected chi connectivity index (χ1v) is 14.8. The Labute approximate surface area is 192 Å². The van der Waals surface area contributed by atoms with Crippen molar-refractivity contribution in [3.05, 3.63) is 22.1 Å². The maximum Gasteiger partial charge on any atom is 0.423 e. The van der Waals surface area contributed by atoms with Crippen molar-refractivity contribution in [2.45, 2.75) is 70.8 Å². The molecule has 1 aliphatic rings. The number of aliphatic carboxylic acids is 1. The summed E-state index contributed by atoms with van der Waals surface area (Å²) >= 11 is 0. The fourth-order valence-electron chi connectivity index (χ4n) is 3.67. The van der Waals surface area contributed by atoms with Gasteiger partial charge in [-0.2, -0.15) is 18.3 Å². The molecule has 1 aromatic rings. The molecule has 2 heterocycles. The number of carboxylic acid groups (broad SMARTS) is 1. The SMILES string of the molecule is CC(COC[C@@H]1CCCN1c1cnn(COCC[Si](C)(C)C)c(=O)c1C(F)(F)F)CC(=O)O.